The van der Waals surface area contributed by atoms with Gasteiger partial charge in [0.05, 0.1) is 26.4 Å². The molecule has 16 nitrogen and oxygen atoms in total. The highest BCUT2D eigenvalue weighted by molar-refractivity contribution is 7.47. The second-order valence-corrected chi connectivity index (χ2v) is 35.0. The molecule has 121 heavy (non-hydrogen) atoms. The molecule has 0 aromatic rings. The van der Waals surface area contributed by atoms with Crippen molar-refractivity contribution in [1.29, 1.82) is 0 Å². The second kappa shape index (κ2) is 94.1. The molecule has 5 atom stereocenters. The van der Waals surface area contributed by atoms with Gasteiger partial charge >= 0.3 is 33.6 Å². The summed E-state index contributed by atoms with van der Waals surface area (Å²) in [5.74, 6) is -1.58. The van der Waals surface area contributed by atoms with Gasteiger partial charge in [0.15, 0.2) is 6.10 Å². The van der Waals surface area contributed by atoms with Crippen LogP contribution >= 0.6 is 15.6 Å². The topological polar surface area (TPSA) is 231 Å². The number of unbranched alkanes of at least 4 members (excludes halogenated alkanes) is 40. The molecule has 0 aliphatic rings. The van der Waals surface area contributed by atoms with Gasteiger partial charge in [0.25, 0.3) is 0 Å². The summed E-state index contributed by atoms with van der Waals surface area (Å²) < 4.78 is 61.6. The van der Waals surface area contributed by atoms with E-state index in [9.17, 15) is 43.5 Å². The number of hydrogen-bond acceptors (Lipinski definition) is 14. The summed E-state index contributed by atoms with van der Waals surface area (Å²) in [5.41, 5.74) is 0. The molecular weight excluding hydrogens is 1560 g/mol. The van der Waals surface area contributed by atoms with Crippen LogP contribution in [-0.4, -0.2) is 95.9 Å². The predicted octanol–water partition coefficient (Wildman–Crippen LogP) is 30.2. The predicted molar refractivity (Wildman–Crippen MR) is 509 cm³/mol. The van der Waals surface area contributed by atoms with E-state index in [0.717, 1.165) is 167 Å². The normalized spacial score (nSPS) is 14.5. The van der Waals surface area contributed by atoms with E-state index in [2.05, 4.69) is 191 Å². The van der Waals surface area contributed by atoms with Crippen molar-refractivity contribution in [2.24, 2.45) is 0 Å². The van der Waals surface area contributed by atoms with Crippen LogP contribution in [0.3, 0.4) is 0 Å². The van der Waals surface area contributed by atoms with Gasteiger partial charge in [-0.3, -0.25) is 32.5 Å². The number of esters is 3. The average molecular weight is 1730 g/mol. The summed E-state index contributed by atoms with van der Waals surface area (Å²) >= 11 is 0. The molecule has 0 saturated carbocycles. The Morgan fingerprint density at radius 2 is 0.438 bits per heavy atom. The first kappa shape index (κ1) is 116. The first-order chi connectivity index (χ1) is 59.2. The summed E-state index contributed by atoms with van der Waals surface area (Å²) in [6.07, 6.45) is 123. The fraction of sp³-hybridized carbons (Fsp3) is 0.699. The largest absolute Gasteiger partial charge is 0.472 e. The van der Waals surface area contributed by atoms with Gasteiger partial charge in [-0.2, -0.15) is 0 Å². The number of hydrogen-bond donors (Lipinski definition) is 4. The molecule has 0 fully saturated rings. The van der Waals surface area contributed by atoms with E-state index < -0.39 is 91.5 Å². The highest BCUT2D eigenvalue weighted by Gasteiger charge is 2.30. The zero-order chi connectivity index (χ0) is 87.9. The number of carbonyl (C=O) groups is 3. The van der Waals surface area contributed by atoms with Crippen molar-refractivity contribution >= 4 is 33.6 Å². The standard InChI is InChI=1S/C103H176O16P2/c1-4-7-10-13-16-19-22-25-28-31-34-37-40-43-45-46-47-48-49-50-52-55-56-59-62-65-68-71-74-77-80-83-86-89-101(106)113-92-98(104)93-115-120(109,110)116-94-99(105)95-117-121(111,112)118-97-100(119-103(108)91-88-85-82-79-76-73-70-67-64-61-58-53-42-39-36-33-30-27-24-21-18-15-12-9-6-3)96-114-102(107)90-87-84-81-78-75-72-69-66-63-60-57-54-51-44-41-38-35-32-29-26-23-20-17-14-11-8-5-2/h8-9,11-12,16-21,25-30,34-39,43-45,51,53,58,98-100,104-105H,4-7,10,13-15,22-24,31-33,40-42,46-50,52,54-57,59-97H2,1-3H3,(H,109,110)(H,111,112)/b11-8-,12-9-,19-16-,20-17-,21-18-,28-25-,29-26-,30-27-,37-34-,38-35-,39-36-,45-43-,51-44-,58-53-. The molecule has 5 unspecified atom stereocenters. The highest BCUT2D eigenvalue weighted by Crippen LogP contribution is 2.45. The lowest BCUT2D eigenvalue weighted by Gasteiger charge is -2.21. The van der Waals surface area contributed by atoms with Crippen molar-refractivity contribution in [1.82, 2.24) is 0 Å². The maximum Gasteiger partial charge on any atom is 0.472 e. The van der Waals surface area contributed by atoms with Gasteiger partial charge in [0, 0.05) is 19.3 Å². The quantitative estimate of drug-likeness (QED) is 0.0146. The van der Waals surface area contributed by atoms with Crippen LogP contribution in [0.15, 0.2) is 170 Å². The number of ether oxygens (including phenoxy) is 3. The molecule has 0 aliphatic carbocycles. The molecule has 694 valence electrons. The lowest BCUT2D eigenvalue weighted by atomic mass is 10.0. The SMILES string of the molecule is CC/C=C\C/C=C\C/C=C\C/C=C\C/C=C\CCCCCCCCCCCCCC(=O)OCC(COP(=O)(O)OCC(O)COP(=O)(O)OCC(O)COC(=O)CCCCCCCCCCCCCCCCCCC/C=C\C/C=C\C/C=C\C/C=C\CCCCC)OC(=O)CCCCCCCCCCC/C=C\C/C=C\C/C=C\C/C=C\C/C=C\CC. The molecule has 0 spiro atoms. The van der Waals surface area contributed by atoms with E-state index in [1.54, 1.807) is 0 Å². The van der Waals surface area contributed by atoms with Gasteiger partial charge in [-0.05, 0) is 154 Å². The van der Waals surface area contributed by atoms with E-state index in [1.165, 1.54) is 180 Å². The molecule has 0 aromatic carbocycles. The fourth-order valence-corrected chi connectivity index (χ4v) is 14.7. The molecule has 0 saturated heterocycles. The Morgan fingerprint density at radius 1 is 0.240 bits per heavy atom. The minimum absolute atomic E-state index is 0.0920. The molecule has 0 aromatic heterocycles. The Kier molecular flexibility index (Phi) is 90.1. The van der Waals surface area contributed by atoms with Crippen molar-refractivity contribution in [3.05, 3.63) is 170 Å². The number of allylic oxidation sites excluding steroid dienone is 28. The summed E-state index contributed by atoms with van der Waals surface area (Å²) in [4.78, 5) is 59.1. The van der Waals surface area contributed by atoms with E-state index in [4.69, 9.17) is 32.3 Å². The van der Waals surface area contributed by atoms with Crippen LogP contribution in [0.25, 0.3) is 0 Å². The maximum atomic E-state index is 13.1. The molecule has 18 heteroatoms. The first-order valence-corrected chi connectivity index (χ1v) is 51.4. The first-order valence-electron chi connectivity index (χ1n) is 48.4. The molecule has 4 N–H and O–H groups in total. The monoisotopic (exact) mass is 1730 g/mol. The maximum absolute atomic E-state index is 13.1. The number of rotatable bonds is 91. The minimum atomic E-state index is -4.95. The number of phosphoric acid groups is 2. The molecule has 0 aliphatic heterocycles. The zero-order valence-electron chi connectivity index (χ0n) is 76.6. The summed E-state index contributed by atoms with van der Waals surface area (Å²) in [6.45, 7) is 2.48. The van der Waals surface area contributed by atoms with E-state index >= 15 is 0 Å². The van der Waals surface area contributed by atoms with Crippen molar-refractivity contribution in [2.45, 2.75) is 424 Å². The Bertz CT molecular complexity index is 2880. The smallest absolute Gasteiger partial charge is 0.463 e. The fourth-order valence-electron chi connectivity index (χ4n) is 13.1. The van der Waals surface area contributed by atoms with Crippen LogP contribution in [0.2, 0.25) is 0 Å². The van der Waals surface area contributed by atoms with E-state index in [-0.39, 0.29) is 19.3 Å². The Labute approximate surface area is 739 Å². The molecule has 0 rings (SSSR count). The third-order valence-electron chi connectivity index (χ3n) is 20.4. The summed E-state index contributed by atoms with van der Waals surface area (Å²) in [6, 6.07) is 0. The number of phosphoric ester groups is 2. The van der Waals surface area contributed by atoms with Gasteiger partial charge in [0.2, 0.25) is 0 Å². The third-order valence-corrected chi connectivity index (χ3v) is 22.3. The van der Waals surface area contributed by atoms with Gasteiger partial charge in [-0.1, -0.05) is 403 Å². The van der Waals surface area contributed by atoms with E-state index in [0.29, 0.717) is 19.3 Å². The summed E-state index contributed by atoms with van der Waals surface area (Å²) in [7, 11) is -9.82. The second-order valence-electron chi connectivity index (χ2n) is 32.1. The Hall–Kier alpha value is -5.09. The average Bonchev–Trinajstić information content (AvgIpc) is 0.895. The van der Waals surface area contributed by atoms with Crippen LogP contribution in [0.5, 0.6) is 0 Å². The Morgan fingerprint density at radius 3 is 0.694 bits per heavy atom. The van der Waals surface area contributed by atoms with Crippen molar-refractivity contribution in [3.63, 3.8) is 0 Å². The lowest BCUT2D eigenvalue weighted by molar-refractivity contribution is -0.161. The van der Waals surface area contributed by atoms with Crippen molar-refractivity contribution < 1.29 is 75.8 Å². The van der Waals surface area contributed by atoms with Gasteiger partial charge in [0.1, 0.15) is 25.4 Å². The van der Waals surface area contributed by atoms with Gasteiger partial charge in [-0.15, -0.1) is 0 Å². The highest BCUT2D eigenvalue weighted by atomic mass is 31.2. The lowest BCUT2D eigenvalue weighted by Crippen LogP contribution is -2.30. The van der Waals surface area contributed by atoms with Crippen LogP contribution in [0.4, 0.5) is 0 Å². The van der Waals surface area contributed by atoms with Crippen molar-refractivity contribution in [2.75, 3.05) is 39.6 Å². The molecule has 0 bridgehead atoms. The van der Waals surface area contributed by atoms with Crippen molar-refractivity contribution in [3.8, 4) is 0 Å². The number of aliphatic hydroxyl groups is 2. The summed E-state index contributed by atoms with van der Waals surface area (Å²) in [5, 5.41) is 20.8. The Balaban J connectivity index is 4.60. The molecule has 0 radical (unpaired) electrons. The van der Waals surface area contributed by atoms with Crippen LogP contribution in [0, 0.1) is 0 Å². The van der Waals surface area contributed by atoms with Gasteiger partial charge in [-0.25, -0.2) is 9.13 Å². The molecule has 0 amide bonds. The van der Waals surface area contributed by atoms with Crippen LogP contribution in [0.1, 0.15) is 406 Å². The van der Waals surface area contributed by atoms with Crippen LogP contribution in [-0.2, 0) is 55.8 Å². The van der Waals surface area contributed by atoms with Gasteiger partial charge < -0.3 is 34.2 Å². The van der Waals surface area contributed by atoms with Crippen LogP contribution < -0.4 is 0 Å². The minimum Gasteiger partial charge on any atom is -0.463 e. The molecular formula is C103H176O16P2. The third kappa shape index (κ3) is 95.4. The zero-order valence-corrected chi connectivity index (χ0v) is 78.4. The molecule has 0 heterocycles. The van der Waals surface area contributed by atoms with E-state index in [1.807, 2.05) is 0 Å². The number of aliphatic hydroxyl groups excluding tert-OH is 2. The number of carbonyl (C=O) groups excluding carboxylic acids is 3.